The van der Waals surface area contributed by atoms with Gasteiger partial charge in [0.15, 0.2) is 5.57 Å². The van der Waals surface area contributed by atoms with Crippen molar-refractivity contribution in [3.63, 3.8) is 0 Å². The molecule has 196 valence electrons. The second-order valence-electron chi connectivity index (χ2n) is 8.79. The number of nitrogens with zero attached hydrogens (tertiary/aromatic N) is 5. The Morgan fingerprint density at radius 1 is 1.32 bits per heavy atom. The van der Waals surface area contributed by atoms with E-state index in [1.165, 1.54) is 10.8 Å². The van der Waals surface area contributed by atoms with E-state index in [-0.39, 0.29) is 15.7 Å². The summed E-state index contributed by atoms with van der Waals surface area (Å²) in [6, 6.07) is 7.73. The molecule has 2 N–H and O–H groups in total. The number of halogens is 3. The summed E-state index contributed by atoms with van der Waals surface area (Å²) in [5.41, 5.74) is 0.725. The van der Waals surface area contributed by atoms with E-state index in [0.717, 1.165) is 48.2 Å². The minimum atomic E-state index is -4.62. The normalized spacial score (nSPS) is 16.6. The van der Waals surface area contributed by atoms with Gasteiger partial charge in [0.2, 0.25) is 0 Å². The molecule has 1 aliphatic heterocycles. The van der Waals surface area contributed by atoms with Gasteiger partial charge in [-0.05, 0) is 58.1 Å². The lowest BCUT2D eigenvalue weighted by Crippen LogP contribution is -2.37. The zero-order valence-corrected chi connectivity index (χ0v) is 21.1. The Bertz CT molecular complexity index is 1520. The summed E-state index contributed by atoms with van der Waals surface area (Å²) in [7, 11) is 2.11. The quantitative estimate of drug-likeness (QED) is 0.500. The number of amides is 1. The molecule has 1 amide bonds. The second kappa shape index (κ2) is 10.8. The predicted molar refractivity (Wildman–Crippen MR) is 135 cm³/mol. The van der Waals surface area contributed by atoms with Gasteiger partial charge in [-0.15, -0.1) is 11.3 Å². The Hall–Kier alpha value is -3.63. The van der Waals surface area contributed by atoms with E-state index in [1.54, 1.807) is 24.5 Å². The zero-order valence-electron chi connectivity index (χ0n) is 20.3. The van der Waals surface area contributed by atoms with Crippen molar-refractivity contribution < 1.29 is 18.0 Å². The van der Waals surface area contributed by atoms with E-state index in [1.807, 2.05) is 18.2 Å². The number of hydrogen-bond donors (Lipinski definition) is 2. The van der Waals surface area contributed by atoms with Crippen LogP contribution in [0.3, 0.4) is 0 Å². The van der Waals surface area contributed by atoms with Gasteiger partial charge >= 0.3 is 6.18 Å². The summed E-state index contributed by atoms with van der Waals surface area (Å²) < 4.78 is 40.9. The summed E-state index contributed by atoms with van der Waals surface area (Å²) in [5.74, 6) is -1.19. The zero-order chi connectivity index (χ0) is 26.7. The van der Waals surface area contributed by atoms with Crippen LogP contribution in [-0.4, -0.2) is 58.0 Å². The van der Waals surface area contributed by atoms with Gasteiger partial charge in [-0.25, -0.2) is 0 Å². The van der Waals surface area contributed by atoms with Crippen molar-refractivity contribution in [1.82, 2.24) is 24.6 Å². The monoisotopic (exact) mass is 533 g/mol. The predicted octanol–water partition coefficient (Wildman–Crippen LogP) is 1.75. The van der Waals surface area contributed by atoms with Crippen molar-refractivity contribution in [3.05, 3.63) is 43.9 Å². The van der Waals surface area contributed by atoms with E-state index in [9.17, 15) is 28.0 Å². The number of nitrogens with one attached hydrogen (secondary N) is 2. The molecule has 1 fully saturated rings. The van der Waals surface area contributed by atoms with Gasteiger partial charge < -0.3 is 15.5 Å². The molecule has 1 aromatic carbocycles. The van der Waals surface area contributed by atoms with Crippen molar-refractivity contribution in [2.75, 3.05) is 32.0 Å². The minimum Gasteiger partial charge on any atom is -0.360 e. The van der Waals surface area contributed by atoms with Gasteiger partial charge in [0.25, 0.3) is 11.5 Å². The molecule has 2 aromatic heterocycles. The van der Waals surface area contributed by atoms with Gasteiger partial charge in [0.1, 0.15) is 21.8 Å². The maximum atomic E-state index is 12.9. The summed E-state index contributed by atoms with van der Waals surface area (Å²) in [5, 5.41) is 19.7. The van der Waals surface area contributed by atoms with Gasteiger partial charge in [0, 0.05) is 23.8 Å². The third-order valence-electron chi connectivity index (χ3n) is 6.23. The van der Waals surface area contributed by atoms with Gasteiger partial charge in [-0.2, -0.15) is 23.5 Å². The van der Waals surface area contributed by atoms with Crippen LogP contribution in [0.4, 0.5) is 18.9 Å². The molecule has 1 saturated heterocycles. The van der Waals surface area contributed by atoms with Crippen LogP contribution in [0.15, 0.2) is 29.2 Å². The molecule has 0 atom stereocenters. The molecule has 1 aliphatic rings. The van der Waals surface area contributed by atoms with E-state index in [0.29, 0.717) is 11.7 Å². The summed E-state index contributed by atoms with van der Waals surface area (Å²) in [6.07, 6.45) is 0.709. The van der Waals surface area contributed by atoms with E-state index in [2.05, 4.69) is 27.0 Å². The lowest BCUT2D eigenvalue weighted by Gasteiger charge is -2.29. The first kappa shape index (κ1) is 26.4. The number of piperidine rings is 1. The molecule has 0 radical (unpaired) electrons. The first-order chi connectivity index (χ1) is 17.6. The number of benzene rings is 1. The lowest BCUT2D eigenvalue weighted by molar-refractivity contribution is -0.135. The second-order valence-corrected chi connectivity index (χ2v) is 9.82. The number of aromatic nitrogens is 3. The average Bonchev–Trinajstić information content (AvgIpc) is 3.42. The molecule has 37 heavy (non-hydrogen) atoms. The minimum absolute atomic E-state index is 0.00224. The highest BCUT2D eigenvalue weighted by Gasteiger charge is 2.29. The summed E-state index contributed by atoms with van der Waals surface area (Å²) in [4.78, 5) is 27.4. The highest BCUT2D eigenvalue weighted by molar-refractivity contribution is 7.07. The number of carbonyl (C=O) groups excluding carboxylic acids is 1. The van der Waals surface area contributed by atoms with Crippen LogP contribution in [0.5, 0.6) is 0 Å². The molecular formula is C24H26F3N7O2S. The van der Waals surface area contributed by atoms with Crippen molar-refractivity contribution in [2.45, 2.75) is 38.5 Å². The number of thiazole rings is 1. The van der Waals surface area contributed by atoms with Crippen molar-refractivity contribution >= 4 is 45.6 Å². The van der Waals surface area contributed by atoms with Crippen LogP contribution in [0.1, 0.15) is 25.8 Å². The highest BCUT2D eigenvalue weighted by Crippen LogP contribution is 2.27. The molecule has 0 spiro atoms. The molecule has 4 rings (SSSR count). The first-order valence-corrected chi connectivity index (χ1v) is 12.5. The number of nitriles is 1. The van der Waals surface area contributed by atoms with E-state index >= 15 is 0 Å². The van der Waals surface area contributed by atoms with Crippen LogP contribution in [0, 0.1) is 11.3 Å². The van der Waals surface area contributed by atoms with Crippen LogP contribution < -0.4 is 25.4 Å². The SMILES string of the molecule is CCn1c(=O)/c(=C/Nc2ccc3c(cnn3C3CCN(C)CC3)c2)s/c1=C(\C#N)C(=O)NCC(F)(F)F. The molecule has 13 heteroatoms. The molecule has 3 aromatic rings. The fourth-order valence-electron chi connectivity index (χ4n) is 4.28. The molecule has 9 nitrogen and oxygen atoms in total. The number of carbonyl (C=O) groups is 1. The Morgan fingerprint density at radius 2 is 2.05 bits per heavy atom. The van der Waals surface area contributed by atoms with E-state index < -0.39 is 29.8 Å². The number of anilines is 1. The first-order valence-electron chi connectivity index (χ1n) is 11.7. The maximum Gasteiger partial charge on any atom is 0.405 e. The number of likely N-dealkylation sites (tertiary alicyclic amines) is 1. The third-order valence-corrected chi connectivity index (χ3v) is 7.36. The fourth-order valence-corrected chi connectivity index (χ4v) is 5.37. The smallest absolute Gasteiger partial charge is 0.360 e. The van der Waals surface area contributed by atoms with Crippen molar-refractivity contribution in [2.24, 2.45) is 0 Å². The van der Waals surface area contributed by atoms with Crippen LogP contribution >= 0.6 is 11.3 Å². The number of fused-ring (bicyclic) bond motifs is 1. The largest absolute Gasteiger partial charge is 0.405 e. The third kappa shape index (κ3) is 5.86. The Morgan fingerprint density at radius 3 is 2.70 bits per heavy atom. The average molecular weight is 534 g/mol. The Kier molecular flexibility index (Phi) is 7.70. The topological polar surface area (TPSA) is 108 Å². The van der Waals surface area contributed by atoms with Gasteiger partial charge in [0.05, 0.1) is 17.8 Å². The molecule has 3 heterocycles. The fraction of sp³-hybridized carbons (Fsp3) is 0.417. The molecular weight excluding hydrogens is 507 g/mol. The summed E-state index contributed by atoms with van der Waals surface area (Å²) >= 11 is 0.861. The maximum absolute atomic E-state index is 12.9. The van der Waals surface area contributed by atoms with Gasteiger partial charge in [-0.3, -0.25) is 18.8 Å². The van der Waals surface area contributed by atoms with Crippen LogP contribution in [0.2, 0.25) is 0 Å². The number of rotatable bonds is 6. The van der Waals surface area contributed by atoms with Crippen LogP contribution in [0.25, 0.3) is 22.7 Å². The lowest BCUT2D eigenvalue weighted by atomic mass is 10.1. The number of hydrogen-bond acceptors (Lipinski definition) is 7. The standard InChI is InChI=1S/C24H26F3N7O2S/c1-3-33-22(36)20(37-23(33)18(11-28)21(35)30-14-24(25,26)27)13-29-16-4-5-19-15(10-16)12-31-34(19)17-6-8-32(2)9-7-17/h4-5,10,12-13,17,29H,3,6-9,14H2,1-2H3,(H,30,35)/b20-13-,23-18+. The molecule has 0 unspecified atom stereocenters. The Balaban J connectivity index is 1.62. The van der Waals surface area contributed by atoms with Crippen molar-refractivity contribution in [3.8, 4) is 6.07 Å². The van der Waals surface area contributed by atoms with Crippen LogP contribution in [-0.2, 0) is 11.3 Å². The molecule has 0 aliphatic carbocycles. The Labute approximate surface area is 214 Å². The summed E-state index contributed by atoms with van der Waals surface area (Å²) in [6.45, 7) is 2.25. The molecule has 0 saturated carbocycles. The molecule has 0 bridgehead atoms. The van der Waals surface area contributed by atoms with Crippen molar-refractivity contribution in [1.29, 1.82) is 5.26 Å². The van der Waals surface area contributed by atoms with Gasteiger partial charge in [-0.1, -0.05) is 0 Å². The van der Waals surface area contributed by atoms with E-state index in [4.69, 9.17) is 0 Å². The number of alkyl halides is 3. The highest BCUT2D eigenvalue weighted by atomic mass is 32.1.